The summed E-state index contributed by atoms with van der Waals surface area (Å²) in [5.41, 5.74) is -0.0832. The average molecular weight is 395 g/mol. The van der Waals surface area contributed by atoms with Crippen molar-refractivity contribution in [3.8, 4) is 10.7 Å². The minimum absolute atomic E-state index is 0.0832. The van der Waals surface area contributed by atoms with Gasteiger partial charge in [-0.05, 0) is 23.7 Å². The van der Waals surface area contributed by atoms with Crippen LogP contribution in [0.2, 0.25) is 0 Å². The van der Waals surface area contributed by atoms with E-state index in [1.54, 1.807) is 11.3 Å². The number of thiophene rings is 1. The molecule has 1 amide bonds. The Labute approximate surface area is 158 Å². The maximum absolute atomic E-state index is 12.2. The maximum atomic E-state index is 12.2. The molecule has 2 N–H and O–H groups in total. The lowest BCUT2D eigenvalue weighted by atomic mass is 9.98. The van der Waals surface area contributed by atoms with Crippen LogP contribution in [-0.4, -0.2) is 30.9 Å². The summed E-state index contributed by atoms with van der Waals surface area (Å²) in [6, 6.07) is 3.93. The second-order valence-corrected chi connectivity index (χ2v) is 8.75. The quantitative estimate of drug-likeness (QED) is 0.642. The van der Waals surface area contributed by atoms with Gasteiger partial charge in [-0.2, -0.15) is 5.10 Å². The number of amides is 1. The molecule has 0 unspecified atom stereocenters. The number of anilines is 1. The molecule has 0 spiro atoms. The van der Waals surface area contributed by atoms with Crippen LogP contribution in [0.25, 0.3) is 10.7 Å². The minimum Gasteiger partial charge on any atom is -0.300 e. The summed E-state index contributed by atoms with van der Waals surface area (Å²) in [5, 5.41) is 21.4. The third kappa shape index (κ3) is 4.20. The van der Waals surface area contributed by atoms with Gasteiger partial charge in [-0.1, -0.05) is 38.2 Å². The summed E-state index contributed by atoms with van der Waals surface area (Å²) in [4.78, 5) is 13.2. The third-order valence-corrected chi connectivity index (χ3v) is 5.82. The zero-order valence-electron chi connectivity index (χ0n) is 14.1. The fraction of sp³-hybridized carbons (Fsp3) is 0.400. The van der Waals surface area contributed by atoms with Gasteiger partial charge in [0.1, 0.15) is 5.01 Å². The first-order valence-corrected chi connectivity index (χ1v) is 9.78. The maximum Gasteiger partial charge on any atom is 0.227 e. The predicted octanol–water partition coefficient (Wildman–Crippen LogP) is 3.85. The first-order valence-electron chi connectivity index (χ1n) is 7.67. The normalized spacial score (nSPS) is 11.6. The van der Waals surface area contributed by atoms with E-state index in [2.05, 4.69) is 46.5 Å². The van der Waals surface area contributed by atoms with E-state index in [0.717, 1.165) is 15.7 Å². The zero-order chi connectivity index (χ0) is 18.0. The molecule has 0 radical (unpaired) electrons. The zero-order valence-corrected chi connectivity index (χ0v) is 16.5. The van der Waals surface area contributed by atoms with E-state index in [4.69, 9.17) is 12.2 Å². The van der Waals surface area contributed by atoms with Gasteiger partial charge in [0.25, 0.3) is 0 Å². The smallest absolute Gasteiger partial charge is 0.227 e. The standard InChI is InChI=1S/C15H18N6OS3/c1-15(2,3)12-18-19-13(25-12)16-10(22)6-7-21-11(17-20-14(21)23)9-5-4-8-24-9/h4-5,8H,6-7H2,1-3H3,(H,20,23)(H,16,19,22). The second kappa shape index (κ2) is 7.14. The van der Waals surface area contributed by atoms with E-state index >= 15 is 0 Å². The molecular formula is C15H18N6OS3. The molecule has 132 valence electrons. The van der Waals surface area contributed by atoms with Crippen LogP contribution in [-0.2, 0) is 16.8 Å². The molecule has 3 aromatic rings. The molecule has 0 aromatic carbocycles. The van der Waals surface area contributed by atoms with Crippen LogP contribution in [0.5, 0.6) is 0 Å². The third-order valence-electron chi connectivity index (χ3n) is 3.38. The SMILES string of the molecule is CC(C)(C)c1nnc(NC(=O)CCn2c(-c3cccs3)n[nH]c2=S)s1. The highest BCUT2D eigenvalue weighted by atomic mass is 32.1. The highest BCUT2D eigenvalue weighted by Gasteiger charge is 2.20. The second-order valence-electron chi connectivity index (χ2n) is 6.44. The Hall–Kier alpha value is -1.91. The largest absolute Gasteiger partial charge is 0.300 e. The summed E-state index contributed by atoms with van der Waals surface area (Å²) in [7, 11) is 0. The van der Waals surface area contributed by atoms with Gasteiger partial charge in [-0.25, -0.2) is 0 Å². The summed E-state index contributed by atoms with van der Waals surface area (Å²) < 4.78 is 2.34. The number of carbonyl (C=O) groups excluding carboxylic acids is 1. The molecular weight excluding hydrogens is 376 g/mol. The van der Waals surface area contributed by atoms with Crippen molar-refractivity contribution in [1.29, 1.82) is 0 Å². The van der Waals surface area contributed by atoms with Crippen molar-refractivity contribution < 1.29 is 4.79 Å². The van der Waals surface area contributed by atoms with E-state index in [-0.39, 0.29) is 17.7 Å². The summed E-state index contributed by atoms with van der Waals surface area (Å²) >= 11 is 8.25. The highest BCUT2D eigenvalue weighted by Crippen LogP contribution is 2.28. The summed E-state index contributed by atoms with van der Waals surface area (Å²) in [6.45, 7) is 6.63. The van der Waals surface area contributed by atoms with Crippen LogP contribution in [0.15, 0.2) is 17.5 Å². The van der Waals surface area contributed by atoms with E-state index < -0.39 is 0 Å². The van der Waals surface area contributed by atoms with Crippen molar-refractivity contribution in [1.82, 2.24) is 25.0 Å². The number of nitrogens with one attached hydrogen (secondary N) is 2. The van der Waals surface area contributed by atoms with Crippen molar-refractivity contribution in [3.63, 3.8) is 0 Å². The molecule has 7 nitrogen and oxygen atoms in total. The van der Waals surface area contributed by atoms with Gasteiger partial charge in [-0.15, -0.1) is 21.5 Å². The van der Waals surface area contributed by atoms with Gasteiger partial charge in [0.2, 0.25) is 11.0 Å². The van der Waals surface area contributed by atoms with Gasteiger partial charge < -0.3 is 5.32 Å². The minimum atomic E-state index is -0.128. The molecule has 0 saturated carbocycles. The number of hydrogen-bond donors (Lipinski definition) is 2. The molecule has 0 aliphatic rings. The van der Waals surface area contributed by atoms with E-state index in [9.17, 15) is 4.79 Å². The number of aromatic amines is 1. The Morgan fingerprint density at radius 2 is 2.20 bits per heavy atom. The van der Waals surface area contributed by atoms with Gasteiger partial charge >= 0.3 is 0 Å². The molecule has 0 aliphatic heterocycles. The van der Waals surface area contributed by atoms with E-state index in [1.165, 1.54) is 11.3 Å². The fourth-order valence-corrected chi connectivity index (χ4v) is 3.85. The number of H-pyrrole nitrogens is 1. The summed E-state index contributed by atoms with van der Waals surface area (Å²) in [5.74, 6) is 0.621. The van der Waals surface area contributed by atoms with Crippen LogP contribution in [0.4, 0.5) is 5.13 Å². The lowest BCUT2D eigenvalue weighted by molar-refractivity contribution is -0.116. The lowest BCUT2D eigenvalue weighted by Gasteiger charge is -2.12. The molecule has 3 aromatic heterocycles. The predicted molar refractivity (Wildman–Crippen MR) is 103 cm³/mol. The molecule has 10 heteroatoms. The summed E-state index contributed by atoms with van der Waals surface area (Å²) in [6.07, 6.45) is 0.274. The lowest BCUT2D eigenvalue weighted by Crippen LogP contribution is -2.15. The van der Waals surface area contributed by atoms with Crippen molar-refractivity contribution in [2.45, 2.75) is 39.2 Å². The molecule has 0 fully saturated rings. The van der Waals surface area contributed by atoms with Crippen molar-refractivity contribution in [2.24, 2.45) is 0 Å². The first kappa shape index (κ1) is 17.9. The average Bonchev–Trinajstić information content (AvgIpc) is 3.24. The van der Waals surface area contributed by atoms with E-state index in [1.807, 2.05) is 22.1 Å². The Kier molecular flexibility index (Phi) is 5.11. The molecule has 0 saturated heterocycles. The van der Waals surface area contributed by atoms with Crippen LogP contribution in [0.3, 0.4) is 0 Å². The molecule has 3 rings (SSSR count). The van der Waals surface area contributed by atoms with Gasteiger partial charge in [0.05, 0.1) is 4.88 Å². The van der Waals surface area contributed by atoms with Crippen molar-refractivity contribution >= 4 is 45.9 Å². The molecule has 0 aliphatic carbocycles. The topological polar surface area (TPSA) is 88.5 Å². The molecule has 0 bridgehead atoms. The van der Waals surface area contributed by atoms with Crippen LogP contribution in [0.1, 0.15) is 32.2 Å². The number of nitrogens with zero attached hydrogens (tertiary/aromatic N) is 4. The van der Waals surface area contributed by atoms with Gasteiger partial charge in [-0.3, -0.25) is 14.5 Å². The fourth-order valence-electron chi connectivity index (χ4n) is 2.09. The van der Waals surface area contributed by atoms with Gasteiger partial charge in [0, 0.05) is 18.4 Å². The number of rotatable bonds is 5. The van der Waals surface area contributed by atoms with Crippen LogP contribution < -0.4 is 5.32 Å². The molecule has 3 heterocycles. The van der Waals surface area contributed by atoms with Crippen molar-refractivity contribution in [2.75, 3.05) is 5.32 Å². The van der Waals surface area contributed by atoms with Crippen LogP contribution in [0, 0.1) is 4.77 Å². The highest BCUT2D eigenvalue weighted by molar-refractivity contribution is 7.71. The molecule has 25 heavy (non-hydrogen) atoms. The van der Waals surface area contributed by atoms with Gasteiger partial charge in [0.15, 0.2) is 10.6 Å². The Balaban J connectivity index is 1.65. The Bertz CT molecular complexity index is 916. The van der Waals surface area contributed by atoms with E-state index in [0.29, 0.717) is 16.4 Å². The number of hydrogen-bond acceptors (Lipinski definition) is 7. The number of aromatic nitrogens is 5. The van der Waals surface area contributed by atoms with Crippen LogP contribution >= 0.6 is 34.9 Å². The Morgan fingerprint density at radius 1 is 1.40 bits per heavy atom. The molecule has 0 atom stereocenters. The first-order chi connectivity index (χ1) is 11.8. The monoisotopic (exact) mass is 394 g/mol. The van der Waals surface area contributed by atoms with Crippen molar-refractivity contribution in [3.05, 3.63) is 27.3 Å². The number of carbonyl (C=O) groups is 1. The Morgan fingerprint density at radius 3 is 2.84 bits per heavy atom.